The fraction of sp³-hybridized carbons (Fsp3) is 1.00. The Kier molecular flexibility index (Phi) is 9.01. The summed E-state index contributed by atoms with van der Waals surface area (Å²) in [5.74, 6) is 0.506. The van der Waals surface area contributed by atoms with Crippen LogP contribution in [0.3, 0.4) is 0 Å². The second kappa shape index (κ2) is 8.43. The van der Waals surface area contributed by atoms with Gasteiger partial charge in [-0.05, 0) is 12.8 Å². The summed E-state index contributed by atoms with van der Waals surface area (Å²) in [5.41, 5.74) is 0. The summed E-state index contributed by atoms with van der Waals surface area (Å²) in [5, 5.41) is 8.59. The van der Waals surface area contributed by atoms with Crippen LogP contribution in [0.1, 0.15) is 25.7 Å². The van der Waals surface area contributed by atoms with Gasteiger partial charge in [-0.25, -0.2) is 0 Å². The van der Waals surface area contributed by atoms with Crippen molar-refractivity contribution in [1.82, 2.24) is 0 Å². The van der Waals surface area contributed by atoms with Gasteiger partial charge < -0.3 is 5.11 Å². The highest BCUT2D eigenvalue weighted by Gasteiger charge is 2.04. The van der Waals surface area contributed by atoms with E-state index in [9.17, 15) is 0 Å². The molecule has 0 radical (unpaired) electrons. The summed E-state index contributed by atoms with van der Waals surface area (Å²) in [7, 11) is 0. The van der Waals surface area contributed by atoms with Crippen LogP contribution in [0.5, 0.6) is 0 Å². The second-order valence-corrected chi connectivity index (χ2v) is 4.36. The Labute approximate surface area is 89.0 Å². The molecule has 0 aliphatic heterocycles. The average molecular weight is 234 g/mol. The van der Waals surface area contributed by atoms with Crippen molar-refractivity contribution >= 4 is 34.8 Å². The Hall–Kier alpha value is 0.830. The number of aliphatic hydroxyl groups excluding tert-OH is 1. The molecule has 0 saturated carbocycles. The van der Waals surface area contributed by atoms with Crippen LogP contribution in [-0.2, 0) is 0 Å². The van der Waals surface area contributed by atoms with Gasteiger partial charge in [0.1, 0.15) is 0 Å². The van der Waals surface area contributed by atoms with E-state index in [1.165, 1.54) is 0 Å². The Balaban J connectivity index is 3.10. The zero-order chi connectivity index (χ0) is 9.40. The Morgan fingerprint density at radius 3 is 1.92 bits per heavy atom. The van der Waals surface area contributed by atoms with Crippen LogP contribution in [0.4, 0.5) is 0 Å². The molecule has 0 amide bonds. The van der Waals surface area contributed by atoms with Crippen LogP contribution in [0.25, 0.3) is 0 Å². The second-order valence-electron chi connectivity index (χ2n) is 2.82. The lowest BCUT2D eigenvalue weighted by Gasteiger charge is -2.06. The minimum absolute atomic E-state index is 0.0569. The largest absolute Gasteiger partial charge is 0.395 e. The van der Waals surface area contributed by atoms with E-state index in [2.05, 4.69) is 0 Å². The molecular formula is C8H15Cl3O. The van der Waals surface area contributed by atoms with Gasteiger partial charge in [0.15, 0.2) is 0 Å². The highest BCUT2D eigenvalue weighted by molar-refractivity contribution is 6.28. The number of alkyl halides is 3. The lowest BCUT2D eigenvalue weighted by atomic mass is 10.1. The van der Waals surface area contributed by atoms with E-state index in [0.29, 0.717) is 5.88 Å². The van der Waals surface area contributed by atoms with Crippen molar-refractivity contribution in [2.45, 2.75) is 36.4 Å². The summed E-state index contributed by atoms with van der Waals surface area (Å²) < 4.78 is 0. The van der Waals surface area contributed by atoms with Crippen LogP contribution in [0.15, 0.2) is 0 Å². The lowest BCUT2D eigenvalue weighted by molar-refractivity contribution is 0.286. The molecule has 0 aromatic rings. The molecule has 0 heterocycles. The van der Waals surface area contributed by atoms with Gasteiger partial charge in [0, 0.05) is 11.3 Å². The molecule has 4 heteroatoms. The van der Waals surface area contributed by atoms with E-state index in [4.69, 9.17) is 39.9 Å². The molecule has 0 saturated heterocycles. The predicted octanol–water partition coefficient (Wildman–Crippen LogP) is 2.99. The maximum absolute atomic E-state index is 8.61. The summed E-state index contributed by atoms with van der Waals surface area (Å²) in [6, 6.07) is 0. The lowest BCUT2D eigenvalue weighted by Crippen LogP contribution is -2.05. The van der Waals surface area contributed by atoms with Gasteiger partial charge in [0.25, 0.3) is 0 Å². The first-order valence-corrected chi connectivity index (χ1v) is 5.56. The summed E-state index contributed by atoms with van der Waals surface area (Å²) in [6.07, 6.45) is 3.82. The third-order valence-electron chi connectivity index (χ3n) is 1.65. The SMILES string of the molecule is OC[C@@H](Cl)CCCC[C@@H](Cl)CCl. The van der Waals surface area contributed by atoms with Gasteiger partial charge in [-0.15, -0.1) is 34.8 Å². The van der Waals surface area contributed by atoms with Crippen LogP contribution in [0, 0.1) is 0 Å². The molecular weight excluding hydrogens is 218 g/mol. The number of hydrogen-bond acceptors (Lipinski definition) is 1. The number of unbranched alkanes of at least 4 members (excludes halogenated alkanes) is 1. The molecule has 12 heavy (non-hydrogen) atoms. The van der Waals surface area contributed by atoms with Gasteiger partial charge in [-0.1, -0.05) is 12.8 Å². The maximum atomic E-state index is 8.61. The quantitative estimate of drug-likeness (QED) is 0.529. The Morgan fingerprint density at radius 2 is 1.50 bits per heavy atom. The molecule has 0 rings (SSSR count). The van der Waals surface area contributed by atoms with Crippen molar-refractivity contribution in [2.24, 2.45) is 0 Å². The fourth-order valence-electron chi connectivity index (χ4n) is 0.900. The zero-order valence-corrected chi connectivity index (χ0v) is 9.25. The van der Waals surface area contributed by atoms with Gasteiger partial charge in [-0.2, -0.15) is 0 Å². The van der Waals surface area contributed by atoms with Crippen LogP contribution < -0.4 is 0 Å². The third-order valence-corrected chi connectivity index (χ3v) is 2.91. The van der Waals surface area contributed by atoms with Crippen molar-refractivity contribution < 1.29 is 5.11 Å². The molecule has 0 spiro atoms. The van der Waals surface area contributed by atoms with E-state index in [0.717, 1.165) is 25.7 Å². The van der Waals surface area contributed by atoms with E-state index < -0.39 is 0 Å². The number of hydrogen-bond donors (Lipinski definition) is 1. The van der Waals surface area contributed by atoms with E-state index in [-0.39, 0.29) is 17.4 Å². The molecule has 0 fully saturated rings. The number of aliphatic hydroxyl groups is 1. The highest BCUT2D eigenvalue weighted by atomic mass is 35.5. The van der Waals surface area contributed by atoms with Crippen molar-refractivity contribution in [1.29, 1.82) is 0 Å². The molecule has 1 nitrogen and oxygen atoms in total. The van der Waals surface area contributed by atoms with Gasteiger partial charge >= 0.3 is 0 Å². The van der Waals surface area contributed by atoms with Gasteiger partial charge in [-0.3, -0.25) is 0 Å². The summed E-state index contributed by atoms with van der Waals surface area (Å²) in [6.45, 7) is 0.0569. The first-order valence-electron chi connectivity index (χ1n) is 4.15. The molecule has 0 unspecified atom stereocenters. The normalized spacial score (nSPS) is 16.0. The van der Waals surface area contributed by atoms with Gasteiger partial charge in [0.2, 0.25) is 0 Å². The van der Waals surface area contributed by atoms with Crippen molar-refractivity contribution in [2.75, 3.05) is 12.5 Å². The first-order chi connectivity index (χ1) is 5.70. The molecule has 2 atom stereocenters. The molecule has 0 bridgehead atoms. The van der Waals surface area contributed by atoms with Gasteiger partial charge in [0.05, 0.1) is 12.0 Å². The molecule has 74 valence electrons. The molecule has 1 N–H and O–H groups in total. The fourth-order valence-corrected chi connectivity index (χ4v) is 1.36. The van der Waals surface area contributed by atoms with Crippen LogP contribution >= 0.6 is 34.8 Å². The Morgan fingerprint density at radius 1 is 1.00 bits per heavy atom. The Bertz CT molecular complexity index is 88.3. The van der Waals surface area contributed by atoms with Crippen molar-refractivity contribution in [3.63, 3.8) is 0 Å². The molecule has 0 aromatic carbocycles. The summed E-state index contributed by atoms with van der Waals surface area (Å²) >= 11 is 17.0. The molecule has 0 aromatic heterocycles. The average Bonchev–Trinajstić information content (AvgIpc) is 2.11. The van der Waals surface area contributed by atoms with E-state index in [1.54, 1.807) is 0 Å². The topological polar surface area (TPSA) is 20.2 Å². The van der Waals surface area contributed by atoms with E-state index in [1.807, 2.05) is 0 Å². The maximum Gasteiger partial charge on any atom is 0.0595 e. The summed E-state index contributed by atoms with van der Waals surface area (Å²) in [4.78, 5) is 0. The van der Waals surface area contributed by atoms with E-state index >= 15 is 0 Å². The minimum Gasteiger partial charge on any atom is -0.395 e. The third kappa shape index (κ3) is 7.48. The first kappa shape index (κ1) is 12.8. The monoisotopic (exact) mass is 232 g/mol. The van der Waals surface area contributed by atoms with Crippen molar-refractivity contribution in [3.8, 4) is 0 Å². The smallest absolute Gasteiger partial charge is 0.0595 e. The van der Waals surface area contributed by atoms with Crippen LogP contribution in [0.2, 0.25) is 0 Å². The zero-order valence-electron chi connectivity index (χ0n) is 6.98. The standard InChI is InChI=1S/C8H15Cl3O/c9-5-7(10)3-1-2-4-8(11)6-12/h7-8,12H,1-6H2/t7-,8+/m1/s1. The highest BCUT2D eigenvalue weighted by Crippen LogP contribution is 2.13. The predicted molar refractivity (Wildman–Crippen MR) is 55.6 cm³/mol. The van der Waals surface area contributed by atoms with Crippen LogP contribution in [-0.4, -0.2) is 28.3 Å². The number of rotatable bonds is 7. The van der Waals surface area contributed by atoms with Crippen molar-refractivity contribution in [3.05, 3.63) is 0 Å². The minimum atomic E-state index is -0.102. The number of halogens is 3. The molecule has 0 aliphatic rings. The molecule has 0 aliphatic carbocycles.